The van der Waals surface area contributed by atoms with Gasteiger partial charge in [0.15, 0.2) is 5.13 Å². The molecule has 3 rings (SSSR count). The number of nitrogens with one attached hydrogen (secondary N) is 1. The van der Waals surface area contributed by atoms with Crippen LogP contribution in [-0.2, 0) is 0 Å². The molecule has 0 atom stereocenters. The van der Waals surface area contributed by atoms with E-state index in [-0.39, 0.29) is 5.91 Å². The maximum Gasteiger partial charge on any atom is 0.261 e. The second-order valence-electron chi connectivity index (χ2n) is 4.79. The lowest BCUT2D eigenvalue weighted by atomic mass is 10.1. The van der Waals surface area contributed by atoms with E-state index in [1.807, 2.05) is 17.5 Å². The van der Waals surface area contributed by atoms with Gasteiger partial charge in [0.1, 0.15) is 11.5 Å². The van der Waals surface area contributed by atoms with Crippen LogP contribution in [0, 0.1) is 0 Å². The third-order valence-corrected chi connectivity index (χ3v) is 4.11. The Balaban J connectivity index is 1.82. The van der Waals surface area contributed by atoms with Gasteiger partial charge in [-0.3, -0.25) is 15.1 Å². The van der Waals surface area contributed by atoms with E-state index in [0.29, 0.717) is 22.2 Å². The van der Waals surface area contributed by atoms with Crippen LogP contribution < -0.4 is 14.8 Å². The monoisotopic (exact) mass is 341 g/mol. The highest BCUT2D eigenvalue weighted by Crippen LogP contribution is 2.27. The Bertz CT molecular complexity index is 849. The molecule has 122 valence electrons. The summed E-state index contributed by atoms with van der Waals surface area (Å²) in [6.07, 6.45) is 3.40. The van der Waals surface area contributed by atoms with Crippen LogP contribution in [0.2, 0.25) is 0 Å². The fourth-order valence-electron chi connectivity index (χ4n) is 2.14. The Labute approximate surface area is 143 Å². The largest absolute Gasteiger partial charge is 0.497 e. The molecular formula is C17H15N3O3S. The van der Waals surface area contributed by atoms with E-state index in [1.54, 1.807) is 37.7 Å². The summed E-state index contributed by atoms with van der Waals surface area (Å²) in [5, 5.41) is 5.19. The molecule has 0 fully saturated rings. The molecule has 0 saturated carbocycles. The zero-order chi connectivity index (χ0) is 16.9. The van der Waals surface area contributed by atoms with Gasteiger partial charge in [0.05, 0.1) is 25.5 Å². The maximum atomic E-state index is 12.5. The van der Waals surface area contributed by atoms with Gasteiger partial charge in [-0.1, -0.05) is 0 Å². The van der Waals surface area contributed by atoms with Crippen LogP contribution in [0.4, 0.5) is 5.13 Å². The summed E-state index contributed by atoms with van der Waals surface area (Å²) in [5.41, 5.74) is 2.12. The second kappa shape index (κ2) is 7.10. The van der Waals surface area contributed by atoms with Gasteiger partial charge >= 0.3 is 0 Å². The lowest BCUT2D eigenvalue weighted by molar-refractivity contribution is 0.102. The van der Waals surface area contributed by atoms with Gasteiger partial charge in [-0.2, -0.15) is 0 Å². The van der Waals surface area contributed by atoms with Gasteiger partial charge in [0.2, 0.25) is 0 Å². The molecule has 0 spiro atoms. The molecule has 2 aromatic heterocycles. The molecule has 7 heteroatoms. The molecule has 1 aromatic carbocycles. The molecule has 0 bridgehead atoms. The Hall–Kier alpha value is -2.93. The van der Waals surface area contributed by atoms with Crippen LogP contribution in [0.3, 0.4) is 0 Å². The fourth-order valence-corrected chi connectivity index (χ4v) is 2.86. The molecule has 0 aliphatic carbocycles. The molecule has 1 N–H and O–H groups in total. The van der Waals surface area contributed by atoms with E-state index < -0.39 is 0 Å². The van der Waals surface area contributed by atoms with Crippen molar-refractivity contribution in [3.8, 4) is 22.8 Å². The lowest BCUT2D eigenvalue weighted by Crippen LogP contribution is -2.13. The van der Waals surface area contributed by atoms with Crippen LogP contribution in [-0.4, -0.2) is 30.1 Å². The minimum absolute atomic E-state index is 0.304. The summed E-state index contributed by atoms with van der Waals surface area (Å²) in [5.74, 6) is 0.748. The topological polar surface area (TPSA) is 73.3 Å². The van der Waals surface area contributed by atoms with Crippen LogP contribution >= 0.6 is 11.3 Å². The molecule has 0 saturated heterocycles. The number of ether oxygens (including phenoxy) is 2. The summed E-state index contributed by atoms with van der Waals surface area (Å²) in [6, 6.07) is 8.79. The number of carbonyl (C=O) groups excluding carboxylic acids is 1. The van der Waals surface area contributed by atoms with Gasteiger partial charge in [0, 0.05) is 23.3 Å². The number of nitrogens with zero attached hydrogens (tertiary/aromatic N) is 2. The highest BCUT2D eigenvalue weighted by molar-refractivity contribution is 7.14. The van der Waals surface area contributed by atoms with E-state index in [2.05, 4.69) is 15.3 Å². The third kappa shape index (κ3) is 3.36. The zero-order valence-corrected chi connectivity index (χ0v) is 14.0. The minimum Gasteiger partial charge on any atom is -0.497 e. The van der Waals surface area contributed by atoms with Gasteiger partial charge in [-0.25, -0.2) is 4.98 Å². The first-order valence-corrected chi connectivity index (χ1v) is 7.98. The number of rotatable bonds is 5. The number of carbonyl (C=O) groups is 1. The van der Waals surface area contributed by atoms with E-state index in [9.17, 15) is 4.79 Å². The first kappa shape index (κ1) is 15.9. The predicted molar refractivity (Wildman–Crippen MR) is 92.8 cm³/mol. The van der Waals surface area contributed by atoms with E-state index >= 15 is 0 Å². The quantitative estimate of drug-likeness (QED) is 0.769. The molecule has 6 nitrogen and oxygen atoms in total. The number of aromatic nitrogens is 2. The average Bonchev–Trinajstić information content (AvgIpc) is 3.10. The molecule has 2 heterocycles. The molecule has 0 aliphatic heterocycles. The first-order valence-electron chi connectivity index (χ1n) is 7.10. The van der Waals surface area contributed by atoms with Crippen molar-refractivity contribution in [3.05, 3.63) is 53.7 Å². The highest BCUT2D eigenvalue weighted by Gasteiger charge is 2.15. The van der Waals surface area contributed by atoms with Crippen molar-refractivity contribution >= 4 is 22.4 Å². The standard InChI is InChI=1S/C17H15N3O3S/c1-22-12-3-4-15(23-2)13(9-12)16(21)20-17-19-14(10-24-17)11-5-7-18-8-6-11/h3-10H,1-2H3,(H,19,20,21). The summed E-state index contributed by atoms with van der Waals surface area (Å²) in [4.78, 5) is 20.9. The van der Waals surface area contributed by atoms with Crippen molar-refractivity contribution in [2.75, 3.05) is 19.5 Å². The summed E-state index contributed by atoms with van der Waals surface area (Å²) in [7, 11) is 3.06. The molecule has 24 heavy (non-hydrogen) atoms. The Kier molecular flexibility index (Phi) is 4.72. The summed E-state index contributed by atoms with van der Waals surface area (Å²) >= 11 is 1.36. The number of pyridine rings is 1. The molecule has 3 aromatic rings. The van der Waals surface area contributed by atoms with Gasteiger partial charge in [0.25, 0.3) is 5.91 Å². The van der Waals surface area contributed by atoms with Crippen LogP contribution in [0.15, 0.2) is 48.1 Å². The first-order chi connectivity index (χ1) is 11.7. The van der Waals surface area contributed by atoms with Gasteiger partial charge in [-0.15, -0.1) is 11.3 Å². The van der Waals surface area contributed by atoms with Crippen molar-refractivity contribution in [2.24, 2.45) is 0 Å². The summed E-state index contributed by atoms with van der Waals surface area (Å²) in [6.45, 7) is 0. The molecular weight excluding hydrogens is 326 g/mol. The van der Waals surface area contributed by atoms with Crippen molar-refractivity contribution in [2.45, 2.75) is 0 Å². The van der Waals surface area contributed by atoms with Crippen molar-refractivity contribution in [3.63, 3.8) is 0 Å². The number of methoxy groups -OCH3 is 2. The highest BCUT2D eigenvalue weighted by atomic mass is 32.1. The van der Waals surface area contributed by atoms with Crippen LogP contribution in [0.5, 0.6) is 11.5 Å². The SMILES string of the molecule is COc1ccc(OC)c(C(=O)Nc2nc(-c3ccncc3)cs2)c1. The number of hydrogen-bond donors (Lipinski definition) is 1. The van der Waals surface area contributed by atoms with E-state index in [1.165, 1.54) is 18.4 Å². The van der Waals surface area contributed by atoms with Crippen LogP contribution in [0.1, 0.15) is 10.4 Å². The number of thiazole rings is 1. The van der Waals surface area contributed by atoms with E-state index in [4.69, 9.17) is 9.47 Å². The fraction of sp³-hybridized carbons (Fsp3) is 0.118. The number of amides is 1. The molecule has 0 unspecified atom stereocenters. The number of benzene rings is 1. The number of hydrogen-bond acceptors (Lipinski definition) is 6. The average molecular weight is 341 g/mol. The van der Waals surface area contributed by atoms with Crippen LogP contribution in [0.25, 0.3) is 11.3 Å². The number of anilines is 1. The molecule has 0 radical (unpaired) electrons. The maximum absolute atomic E-state index is 12.5. The zero-order valence-electron chi connectivity index (χ0n) is 13.1. The Morgan fingerprint density at radius 3 is 2.62 bits per heavy atom. The van der Waals surface area contributed by atoms with Gasteiger partial charge in [-0.05, 0) is 30.3 Å². The molecule has 1 amide bonds. The smallest absolute Gasteiger partial charge is 0.261 e. The molecule has 0 aliphatic rings. The second-order valence-corrected chi connectivity index (χ2v) is 5.65. The Morgan fingerprint density at radius 2 is 1.92 bits per heavy atom. The van der Waals surface area contributed by atoms with Gasteiger partial charge < -0.3 is 9.47 Å². The van der Waals surface area contributed by atoms with Crippen molar-refractivity contribution in [1.82, 2.24) is 9.97 Å². The lowest BCUT2D eigenvalue weighted by Gasteiger charge is -2.09. The normalized spacial score (nSPS) is 10.2. The predicted octanol–water partition coefficient (Wildman–Crippen LogP) is 3.47. The van der Waals surface area contributed by atoms with E-state index in [0.717, 1.165) is 11.3 Å². The summed E-state index contributed by atoms with van der Waals surface area (Å²) < 4.78 is 10.4. The third-order valence-electron chi connectivity index (χ3n) is 3.35. The minimum atomic E-state index is -0.304. The van der Waals surface area contributed by atoms with Crippen molar-refractivity contribution < 1.29 is 14.3 Å². The van der Waals surface area contributed by atoms with Crippen molar-refractivity contribution in [1.29, 1.82) is 0 Å². The Morgan fingerprint density at radius 1 is 1.12 bits per heavy atom.